The summed E-state index contributed by atoms with van der Waals surface area (Å²) in [6, 6.07) is 87.0. The number of rotatable bonds is 6. The molecule has 9 aromatic carbocycles. The number of hydrogen-bond donors (Lipinski definition) is 0. The predicted octanol–water partition coefficient (Wildman–Crippen LogP) is 11.0. The summed E-state index contributed by atoms with van der Waals surface area (Å²) >= 11 is 0. The van der Waals surface area contributed by atoms with Crippen LogP contribution in [-0.2, 0) is 5.41 Å². The molecule has 1 spiro atoms. The molecule has 0 aromatic heterocycles. The van der Waals surface area contributed by atoms with Crippen molar-refractivity contribution in [3.8, 4) is 22.6 Å². The molecule has 0 atom stereocenters. The number of hydrogen-bond acceptors (Lipinski definition) is 2. The van der Waals surface area contributed by atoms with Gasteiger partial charge in [-0.15, -0.1) is 0 Å². The van der Waals surface area contributed by atoms with Crippen LogP contribution < -0.4 is 30.4 Å². The van der Waals surface area contributed by atoms with E-state index in [4.69, 9.17) is 4.74 Å². The first kappa shape index (κ1) is 34.1. The van der Waals surface area contributed by atoms with Crippen LogP contribution in [0.1, 0.15) is 22.3 Å². The molecule has 0 amide bonds. The Kier molecular flexibility index (Phi) is 8.09. The van der Waals surface area contributed by atoms with Crippen molar-refractivity contribution in [3.05, 3.63) is 259 Å². The summed E-state index contributed by atoms with van der Waals surface area (Å²) in [4.78, 5) is 2.41. The molecule has 2 aliphatic heterocycles. The van der Waals surface area contributed by atoms with Gasteiger partial charge in [-0.2, -0.15) is 0 Å². The van der Waals surface area contributed by atoms with E-state index in [0.29, 0.717) is 0 Å². The van der Waals surface area contributed by atoms with Crippen molar-refractivity contribution in [2.75, 3.05) is 4.90 Å². The van der Waals surface area contributed by atoms with Crippen LogP contribution in [0.25, 0.3) is 11.1 Å². The minimum Gasteiger partial charge on any atom is -0.457 e. The van der Waals surface area contributed by atoms with Gasteiger partial charge in [0.2, 0.25) is 0 Å². The van der Waals surface area contributed by atoms with Crippen molar-refractivity contribution in [2.45, 2.75) is 5.41 Å². The SMILES string of the molecule is c1ccc(-c2ccc(N(c3ccccc3)c3ccc4c(c3)C3(c5ccccc5Oc5ccccc53)c3ccccc3[Si]4(c3ccccc3)c3ccccc3)cc2)cc1. The van der Waals surface area contributed by atoms with Gasteiger partial charge in [0.15, 0.2) is 8.07 Å². The van der Waals surface area contributed by atoms with Crippen LogP contribution in [0.3, 0.4) is 0 Å². The van der Waals surface area contributed by atoms with E-state index >= 15 is 0 Å². The third-order valence-electron chi connectivity index (χ3n) is 12.3. The molecule has 0 saturated carbocycles. The molecular weight excluding hydrogens is 719 g/mol. The van der Waals surface area contributed by atoms with Crippen molar-refractivity contribution < 1.29 is 4.74 Å². The van der Waals surface area contributed by atoms with E-state index < -0.39 is 13.5 Å². The van der Waals surface area contributed by atoms with E-state index in [2.05, 4.69) is 241 Å². The number of ether oxygens (including phenoxy) is 1. The van der Waals surface area contributed by atoms with Crippen LogP contribution in [0, 0.1) is 0 Å². The first-order valence-corrected chi connectivity index (χ1v) is 22.0. The van der Waals surface area contributed by atoms with Crippen LogP contribution in [0.5, 0.6) is 11.5 Å². The molecule has 9 aromatic rings. The summed E-state index contributed by atoms with van der Waals surface area (Å²) in [6.07, 6.45) is 0. The van der Waals surface area contributed by atoms with Crippen molar-refractivity contribution in [2.24, 2.45) is 0 Å². The van der Waals surface area contributed by atoms with Crippen LogP contribution in [0.15, 0.2) is 237 Å². The fourth-order valence-electron chi connectivity index (χ4n) is 9.93. The number of para-hydroxylation sites is 3. The maximum absolute atomic E-state index is 6.82. The normalized spacial score (nSPS) is 13.9. The maximum Gasteiger partial charge on any atom is 0.180 e. The van der Waals surface area contributed by atoms with E-state index in [9.17, 15) is 0 Å². The Morgan fingerprint density at radius 2 is 0.759 bits per heavy atom. The molecule has 0 bridgehead atoms. The topological polar surface area (TPSA) is 12.5 Å². The fraction of sp³-hybridized carbons (Fsp3) is 0.0182. The van der Waals surface area contributed by atoms with E-state index in [-0.39, 0.29) is 0 Å². The van der Waals surface area contributed by atoms with Crippen LogP contribution in [0.2, 0.25) is 0 Å². The highest BCUT2D eigenvalue weighted by Crippen LogP contribution is 2.56. The molecule has 2 heterocycles. The number of anilines is 3. The lowest BCUT2D eigenvalue weighted by Crippen LogP contribution is -2.79. The Labute approximate surface area is 340 Å². The largest absolute Gasteiger partial charge is 0.457 e. The zero-order valence-electron chi connectivity index (χ0n) is 31.9. The molecule has 2 aliphatic rings. The monoisotopic (exact) mass is 757 g/mol. The second-order valence-electron chi connectivity index (χ2n) is 15.2. The Morgan fingerprint density at radius 1 is 0.328 bits per heavy atom. The van der Waals surface area contributed by atoms with E-state index in [0.717, 1.165) is 39.7 Å². The molecule has 274 valence electrons. The molecule has 0 fully saturated rings. The highest BCUT2D eigenvalue weighted by atomic mass is 28.3. The summed E-state index contributed by atoms with van der Waals surface area (Å²) in [6.45, 7) is 0. The molecule has 58 heavy (non-hydrogen) atoms. The Hall–Kier alpha value is -7.20. The summed E-state index contributed by atoms with van der Waals surface area (Å²) in [5.41, 5.74) is 9.91. The molecule has 0 aliphatic carbocycles. The third-order valence-corrected chi connectivity index (χ3v) is 17.2. The first-order chi connectivity index (χ1) is 28.8. The lowest BCUT2D eigenvalue weighted by molar-refractivity contribution is 0.435. The van der Waals surface area contributed by atoms with Gasteiger partial charge in [0.25, 0.3) is 0 Å². The van der Waals surface area contributed by atoms with Crippen molar-refractivity contribution in [1.82, 2.24) is 0 Å². The van der Waals surface area contributed by atoms with Crippen molar-refractivity contribution in [1.29, 1.82) is 0 Å². The van der Waals surface area contributed by atoms with Gasteiger partial charge in [0, 0.05) is 28.2 Å². The average Bonchev–Trinajstić information content (AvgIpc) is 3.31. The van der Waals surface area contributed by atoms with Crippen molar-refractivity contribution >= 4 is 45.9 Å². The van der Waals surface area contributed by atoms with E-state index in [1.807, 2.05) is 0 Å². The first-order valence-electron chi connectivity index (χ1n) is 20.0. The molecule has 0 unspecified atom stereocenters. The Bertz CT molecular complexity index is 2830. The smallest absolute Gasteiger partial charge is 0.180 e. The summed E-state index contributed by atoms with van der Waals surface area (Å²) in [7, 11) is -2.95. The second kappa shape index (κ2) is 13.8. The van der Waals surface area contributed by atoms with Crippen molar-refractivity contribution in [3.63, 3.8) is 0 Å². The number of benzene rings is 9. The van der Waals surface area contributed by atoms with Crippen LogP contribution in [0.4, 0.5) is 17.1 Å². The van der Waals surface area contributed by atoms with Gasteiger partial charge in [-0.25, -0.2) is 0 Å². The molecule has 0 radical (unpaired) electrons. The molecule has 3 heteroatoms. The van der Waals surface area contributed by atoms with Gasteiger partial charge in [-0.1, -0.05) is 188 Å². The molecular formula is C55H39NOSi. The Morgan fingerprint density at radius 3 is 1.36 bits per heavy atom. The van der Waals surface area contributed by atoms with Gasteiger partial charge in [-0.05, 0) is 91.5 Å². The number of nitrogens with zero attached hydrogens (tertiary/aromatic N) is 1. The predicted molar refractivity (Wildman–Crippen MR) is 242 cm³/mol. The quantitative estimate of drug-likeness (QED) is 0.157. The van der Waals surface area contributed by atoms with Gasteiger partial charge in [-0.3, -0.25) is 0 Å². The molecule has 0 N–H and O–H groups in total. The average molecular weight is 758 g/mol. The molecule has 11 rings (SSSR count). The van der Waals surface area contributed by atoms with Gasteiger partial charge in [0.1, 0.15) is 11.5 Å². The second-order valence-corrected chi connectivity index (χ2v) is 18.9. The summed E-state index contributed by atoms with van der Waals surface area (Å²) in [5, 5.41) is 5.51. The summed E-state index contributed by atoms with van der Waals surface area (Å²) in [5.74, 6) is 1.77. The zero-order chi connectivity index (χ0) is 38.5. The minimum atomic E-state index is -2.95. The highest BCUT2D eigenvalue weighted by Gasteiger charge is 2.57. The number of fused-ring (bicyclic) bond motifs is 8. The Balaban J connectivity index is 1.27. The van der Waals surface area contributed by atoms with Crippen LogP contribution in [-0.4, -0.2) is 8.07 Å². The van der Waals surface area contributed by atoms with Gasteiger partial charge < -0.3 is 9.64 Å². The molecule has 0 saturated heterocycles. The lowest BCUT2D eigenvalue weighted by atomic mass is 9.63. The highest BCUT2D eigenvalue weighted by molar-refractivity contribution is 7.20. The molecule has 2 nitrogen and oxygen atoms in total. The zero-order valence-corrected chi connectivity index (χ0v) is 32.9. The van der Waals surface area contributed by atoms with Gasteiger partial charge in [0.05, 0.1) is 5.41 Å². The summed E-state index contributed by atoms with van der Waals surface area (Å²) < 4.78 is 6.82. The lowest BCUT2D eigenvalue weighted by Gasteiger charge is -2.51. The van der Waals surface area contributed by atoms with Gasteiger partial charge >= 0.3 is 0 Å². The third kappa shape index (κ3) is 5.04. The van der Waals surface area contributed by atoms with E-state index in [1.54, 1.807) is 0 Å². The van der Waals surface area contributed by atoms with E-state index in [1.165, 1.54) is 43.0 Å². The maximum atomic E-state index is 6.82. The standard InChI is InChI=1S/C55H39NOSi/c1-5-19-40(20-6-1)41-33-35-43(36-34-41)56(42-21-7-2-8-22-42)44-37-38-54-50(39-44)55(47-27-13-16-30-51(47)57-52-31-17-14-28-48(52)55)49-29-15-18-32-53(49)58(54,45-23-9-3-10-24-45)46-25-11-4-12-26-46/h1-39H. The van der Waals surface area contributed by atoms with Crippen LogP contribution >= 0.6 is 0 Å². The fourth-order valence-corrected chi connectivity index (χ4v) is 15.2. The minimum absolute atomic E-state index is 0.674.